The van der Waals surface area contributed by atoms with Crippen LogP contribution in [-0.4, -0.2) is 52.9 Å². The van der Waals surface area contributed by atoms with E-state index < -0.39 is 0 Å². The van der Waals surface area contributed by atoms with E-state index in [1.807, 2.05) is 18.2 Å². The van der Waals surface area contributed by atoms with Crippen molar-refractivity contribution in [1.29, 1.82) is 0 Å². The lowest BCUT2D eigenvalue weighted by Gasteiger charge is -2.05. The second-order valence-corrected chi connectivity index (χ2v) is 6.35. The molecular formula is C20H19FN8O3. The van der Waals surface area contributed by atoms with Crippen LogP contribution in [0.1, 0.15) is 12.8 Å². The number of hydrogen-bond acceptors (Lipinski definition) is 7. The average Bonchev–Trinajstić information content (AvgIpc) is 3.45. The Kier molecular flexibility index (Phi) is 7.68. The summed E-state index contributed by atoms with van der Waals surface area (Å²) in [6, 6.07) is 11.4. The Morgan fingerprint density at radius 2 is 2.00 bits per heavy atom. The van der Waals surface area contributed by atoms with Crippen LogP contribution in [0.4, 0.5) is 10.2 Å². The zero-order chi connectivity index (χ0) is 22.8. The van der Waals surface area contributed by atoms with Crippen LogP contribution in [0.25, 0.3) is 22.6 Å². The summed E-state index contributed by atoms with van der Waals surface area (Å²) in [5.41, 5.74) is 2.12. The van der Waals surface area contributed by atoms with Gasteiger partial charge in [-0.3, -0.25) is 19.7 Å². The normalized spacial score (nSPS) is 10.2. The summed E-state index contributed by atoms with van der Waals surface area (Å²) in [6.45, 7) is 0.178. The van der Waals surface area contributed by atoms with E-state index in [0.29, 0.717) is 30.2 Å². The standard InChI is InChI=1S/C19H17FN8O.CH2O2/c20-14-8-6-13(7-9-14)18-25-27-28(26-18)11-3-5-17(29)23-19-15(12-22-24-19)16-4-1-2-10-21-16;2-1-3/h1-2,4,6-10,12H,3,5,11H2,(H2,22,23,24,29);1H,(H,2,3). The first-order valence-electron chi connectivity index (χ1n) is 9.47. The minimum atomic E-state index is -0.323. The molecule has 0 atom stereocenters. The van der Waals surface area contributed by atoms with Crippen molar-refractivity contribution in [1.82, 2.24) is 35.4 Å². The molecule has 0 saturated heterocycles. The van der Waals surface area contributed by atoms with Crippen LogP contribution >= 0.6 is 0 Å². The second-order valence-electron chi connectivity index (χ2n) is 6.35. The molecule has 4 rings (SSSR count). The second kappa shape index (κ2) is 11.1. The summed E-state index contributed by atoms with van der Waals surface area (Å²) >= 11 is 0. The van der Waals surface area contributed by atoms with Gasteiger partial charge in [-0.2, -0.15) is 9.90 Å². The van der Waals surface area contributed by atoms with Crippen molar-refractivity contribution >= 4 is 18.2 Å². The van der Waals surface area contributed by atoms with Crippen LogP contribution in [0.5, 0.6) is 0 Å². The smallest absolute Gasteiger partial charge is 0.290 e. The number of nitrogens with zero attached hydrogens (tertiary/aromatic N) is 6. The van der Waals surface area contributed by atoms with Crippen LogP contribution in [-0.2, 0) is 16.1 Å². The third kappa shape index (κ3) is 6.01. The topological polar surface area (TPSA) is 152 Å². The number of amides is 1. The Balaban J connectivity index is 0.000000913. The van der Waals surface area contributed by atoms with Crippen molar-refractivity contribution in [3.05, 3.63) is 60.7 Å². The summed E-state index contributed by atoms with van der Waals surface area (Å²) in [5, 5.41) is 28.6. The fraction of sp³-hybridized carbons (Fsp3) is 0.150. The van der Waals surface area contributed by atoms with Gasteiger partial charge in [-0.15, -0.1) is 10.2 Å². The van der Waals surface area contributed by atoms with Crippen molar-refractivity contribution in [2.45, 2.75) is 19.4 Å². The largest absolute Gasteiger partial charge is 0.483 e. The number of pyridine rings is 1. The number of aromatic amines is 1. The molecule has 0 spiro atoms. The molecule has 0 bridgehead atoms. The molecule has 0 fully saturated rings. The predicted molar refractivity (Wildman–Crippen MR) is 112 cm³/mol. The number of benzene rings is 1. The van der Waals surface area contributed by atoms with Gasteiger partial charge in [0, 0.05) is 18.2 Å². The van der Waals surface area contributed by atoms with Gasteiger partial charge in [-0.05, 0) is 48.0 Å². The van der Waals surface area contributed by atoms with Crippen molar-refractivity contribution in [2.24, 2.45) is 0 Å². The highest BCUT2D eigenvalue weighted by atomic mass is 19.1. The number of nitrogens with one attached hydrogen (secondary N) is 2. The SMILES string of the molecule is O=C(CCCn1nnc(-c2ccc(F)cc2)n1)Nc1[nH]ncc1-c1ccccn1.O=CO. The highest BCUT2D eigenvalue weighted by Crippen LogP contribution is 2.23. The molecule has 0 unspecified atom stereocenters. The van der Waals surface area contributed by atoms with E-state index in [1.165, 1.54) is 16.9 Å². The van der Waals surface area contributed by atoms with Crippen molar-refractivity contribution in [2.75, 3.05) is 5.32 Å². The molecule has 0 aliphatic carbocycles. The maximum absolute atomic E-state index is 13.0. The predicted octanol–water partition coefficient (Wildman–Crippen LogP) is 2.38. The highest BCUT2D eigenvalue weighted by Gasteiger charge is 2.12. The summed E-state index contributed by atoms with van der Waals surface area (Å²) < 4.78 is 13.0. The number of hydrogen-bond donors (Lipinski definition) is 3. The van der Waals surface area contributed by atoms with Crippen LogP contribution < -0.4 is 5.32 Å². The van der Waals surface area contributed by atoms with Crippen LogP contribution in [0.15, 0.2) is 54.9 Å². The number of aryl methyl sites for hydroxylation is 1. The summed E-state index contributed by atoms with van der Waals surface area (Å²) in [5.74, 6) is 0.430. The lowest BCUT2D eigenvalue weighted by molar-refractivity contribution is -0.123. The van der Waals surface area contributed by atoms with Crippen molar-refractivity contribution in [3.8, 4) is 22.6 Å². The van der Waals surface area contributed by atoms with E-state index in [0.717, 1.165) is 11.3 Å². The number of carbonyl (C=O) groups is 2. The van der Waals surface area contributed by atoms with Crippen LogP contribution in [0, 0.1) is 5.82 Å². The molecule has 0 aliphatic heterocycles. The van der Waals surface area contributed by atoms with E-state index in [1.54, 1.807) is 24.5 Å². The van der Waals surface area contributed by atoms with Gasteiger partial charge in [0.25, 0.3) is 6.47 Å². The molecule has 1 aromatic carbocycles. The molecule has 1 amide bonds. The molecule has 0 aliphatic rings. The lowest BCUT2D eigenvalue weighted by Crippen LogP contribution is -2.14. The molecule has 3 N–H and O–H groups in total. The van der Waals surface area contributed by atoms with Gasteiger partial charge in [-0.25, -0.2) is 4.39 Å². The number of halogens is 1. The highest BCUT2D eigenvalue weighted by molar-refractivity contribution is 5.93. The summed E-state index contributed by atoms with van der Waals surface area (Å²) in [7, 11) is 0. The maximum atomic E-state index is 13.0. The summed E-state index contributed by atoms with van der Waals surface area (Å²) in [6.07, 6.45) is 4.10. The number of carboxylic acid groups (broad SMARTS) is 1. The molecule has 11 nitrogen and oxygen atoms in total. The number of rotatable bonds is 7. The van der Waals surface area contributed by atoms with E-state index in [4.69, 9.17) is 9.90 Å². The number of anilines is 1. The zero-order valence-electron chi connectivity index (χ0n) is 16.7. The molecule has 32 heavy (non-hydrogen) atoms. The molecule has 3 heterocycles. The van der Waals surface area contributed by atoms with Gasteiger partial charge in [0.1, 0.15) is 11.6 Å². The first-order chi connectivity index (χ1) is 15.6. The van der Waals surface area contributed by atoms with Gasteiger partial charge in [0.05, 0.1) is 24.0 Å². The molecular weight excluding hydrogens is 419 g/mol. The lowest BCUT2D eigenvalue weighted by atomic mass is 10.2. The molecule has 12 heteroatoms. The third-order valence-corrected chi connectivity index (χ3v) is 4.16. The Morgan fingerprint density at radius 3 is 2.72 bits per heavy atom. The minimum absolute atomic E-state index is 0.162. The molecule has 3 aromatic heterocycles. The molecule has 0 saturated carbocycles. The first kappa shape index (κ1) is 22.2. The average molecular weight is 438 g/mol. The van der Waals surface area contributed by atoms with E-state index in [2.05, 4.69) is 35.9 Å². The maximum Gasteiger partial charge on any atom is 0.290 e. The summed E-state index contributed by atoms with van der Waals surface area (Å²) in [4.78, 5) is 26.3. The van der Waals surface area contributed by atoms with Gasteiger partial charge in [-0.1, -0.05) is 6.07 Å². The van der Waals surface area contributed by atoms with Gasteiger partial charge < -0.3 is 10.4 Å². The van der Waals surface area contributed by atoms with E-state index in [9.17, 15) is 9.18 Å². The number of aromatic nitrogens is 7. The van der Waals surface area contributed by atoms with Crippen LogP contribution in [0.2, 0.25) is 0 Å². The third-order valence-electron chi connectivity index (χ3n) is 4.16. The van der Waals surface area contributed by atoms with Crippen molar-refractivity contribution in [3.63, 3.8) is 0 Å². The van der Waals surface area contributed by atoms with Crippen LogP contribution in [0.3, 0.4) is 0 Å². The van der Waals surface area contributed by atoms with E-state index >= 15 is 0 Å². The van der Waals surface area contributed by atoms with Gasteiger partial charge in [0.2, 0.25) is 11.7 Å². The fourth-order valence-electron chi connectivity index (χ4n) is 2.73. The number of H-pyrrole nitrogens is 1. The zero-order valence-corrected chi connectivity index (χ0v) is 16.7. The first-order valence-corrected chi connectivity index (χ1v) is 9.47. The van der Waals surface area contributed by atoms with E-state index in [-0.39, 0.29) is 24.6 Å². The fourth-order valence-corrected chi connectivity index (χ4v) is 2.73. The Hall–Kier alpha value is -4.48. The quantitative estimate of drug-likeness (QED) is 0.372. The molecule has 164 valence electrons. The van der Waals surface area contributed by atoms with Gasteiger partial charge >= 0.3 is 0 Å². The Morgan fingerprint density at radius 1 is 1.22 bits per heavy atom. The molecule has 0 radical (unpaired) electrons. The van der Waals surface area contributed by atoms with Gasteiger partial charge in [0.15, 0.2) is 0 Å². The van der Waals surface area contributed by atoms with Crippen molar-refractivity contribution < 1.29 is 19.1 Å². The monoisotopic (exact) mass is 438 g/mol. The number of carbonyl (C=O) groups excluding carboxylic acids is 1. The Labute approximate surface area is 181 Å². The minimum Gasteiger partial charge on any atom is -0.483 e. The Bertz CT molecular complexity index is 1150. The number of tetrazole rings is 1. The molecule has 4 aromatic rings.